The maximum Gasteiger partial charge on any atom is 0.151 e. The van der Waals surface area contributed by atoms with Gasteiger partial charge in [0.2, 0.25) is 0 Å². The molecule has 6 heteroatoms. The Balaban J connectivity index is 1.63. The minimum absolute atomic E-state index is 0.555. The molecule has 1 unspecified atom stereocenters. The normalized spacial score (nSPS) is 18.9. The van der Waals surface area contributed by atoms with Crippen molar-refractivity contribution in [2.24, 2.45) is 0 Å². The SMILES string of the molecule is Cc1ccc(N2CCCC(N(C)Cc3cnc(C)s3)C2)nn1. The first-order chi connectivity index (χ1) is 10.6. The molecule has 118 valence electrons. The Morgan fingerprint density at radius 3 is 2.86 bits per heavy atom. The van der Waals surface area contributed by atoms with Crippen LogP contribution < -0.4 is 4.90 Å². The molecule has 1 saturated heterocycles. The van der Waals surface area contributed by atoms with Gasteiger partial charge in [-0.05, 0) is 45.9 Å². The van der Waals surface area contributed by atoms with Gasteiger partial charge in [-0.1, -0.05) is 0 Å². The van der Waals surface area contributed by atoms with Gasteiger partial charge in [-0.25, -0.2) is 4.98 Å². The van der Waals surface area contributed by atoms with Crippen molar-refractivity contribution >= 4 is 17.2 Å². The summed E-state index contributed by atoms with van der Waals surface area (Å²) in [6, 6.07) is 4.67. The van der Waals surface area contributed by atoms with Crippen LogP contribution in [0.4, 0.5) is 5.82 Å². The van der Waals surface area contributed by atoms with Crippen molar-refractivity contribution in [2.75, 3.05) is 25.0 Å². The number of thiazole rings is 1. The van der Waals surface area contributed by atoms with Gasteiger partial charge in [-0.15, -0.1) is 16.4 Å². The summed E-state index contributed by atoms with van der Waals surface area (Å²) in [6.45, 7) is 7.10. The molecule has 1 atom stereocenters. The number of rotatable bonds is 4. The van der Waals surface area contributed by atoms with Crippen LogP contribution in [-0.2, 0) is 6.54 Å². The predicted octanol–water partition coefficient (Wildman–Crippen LogP) is 2.65. The fourth-order valence-electron chi connectivity index (χ4n) is 2.94. The van der Waals surface area contributed by atoms with Crippen LogP contribution in [0.2, 0.25) is 0 Å². The molecule has 0 aliphatic carbocycles. The largest absolute Gasteiger partial charge is 0.354 e. The number of aromatic nitrogens is 3. The highest BCUT2D eigenvalue weighted by molar-refractivity contribution is 7.11. The van der Waals surface area contributed by atoms with Crippen LogP contribution in [0.25, 0.3) is 0 Å². The number of nitrogens with zero attached hydrogens (tertiary/aromatic N) is 5. The van der Waals surface area contributed by atoms with Crippen molar-refractivity contribution in [3.05, 3.63) is 33.9 Å². The highest BCUT2D eigenvalue weighted by Gasteiger charge is 2.24. The Morgan fingerprint density at radius 1 is 1.32 bits per heavy atom. The third kappa shape index (κ3) is 3.62. The van der Waals surface area contributed by atoms with E-state index in [4.69, 9.17) is 0 Å². The van der Waals surface area contributed by atoms with E-state index in [1.54, 1.807) is 11.3 Å². The van der Waals surface area contributed by atoms with E-state index in [1.165, 1.54) is 17.7 Å². The second-order valence-corrected chi connectivity index (χ2v) is 7.36. The van der Waals surface area contributed by atoms with Crippen molar-refractivity contribution in [3.63, 3.8) is 0 Å². The van der Waals surface area contributed by atoms with E-state index in [-0.39, 0.29) is 0 Å². The average Bonchev–Trinajstić information content (AvgIpc) is 2.93. The average molecular weight is 317 g/mol. The Bertz CT molecular complexity index is 609. The van der Waals surface area contributed by atoms with Crippen molar-refractivity contribution in [3.8, 4) is 0 Å². The van der Waals surface area contributed by atoms with Gasteiger partial charge >= 0.3 is 0 Å². The minimum Gasteiger partial charge on any atom is -0.354 e. The molecule has 2 aromatic heterocycles. The number of hydrogen-bond donors (Lipinski definition) is 0. The Labute approximate surface area is 136 Å². The zero-order valence-corrected chi connectivity index (χ0v) is 14.3. The van der Waals surface area contributed by atoms with Crippen molar-refractivity contribution in [1.29, 1.82) is 0 Å². The van der Waals surface area contributed by atoms with Gasteiger partial charge in [0.1, 0.15) is 0 Å². The standard InChI is InChI=1S/C16H23N5S/c1-12-6-7-16(19-18-12)21-8-4-5-14(10-21)20(3)11-15-9-17-13(2)22-15/h6-7,9,14H,4-5,8,10-11H2,1-3H3. The predicted molar refractivity (Wildman–Crippen MR) is 90.3 cm³/mol. The van der Waals surface area contributed by atoms with Crippen LogP contribution in [0.15, 0.2) is 18.3 Å². The lowest BCUT2D eigenvalue weighted by Crippen LogP contribution is -2.46. The van der Waals surface area contributed by atoms with Gasteiger partial charge < -0.3 is 4.90 Å². The van der Waals surface area contributed by atoms with Gasteiger partial charge in [0.15, 0.2) is 5.82 Å². The summed E-state index contributed by atoms with van der Waals surface area (Å²) in [7, 11) is 2.21. The zero-order chi connectivity index (χ0) is 15.5. The van der Waals surface area contributed by atoms with Gasteiger partial charge in [0.05, 0.1) is 10.7 Å². The highest BCUT2D eigenvalue weighted by Crippen LogP contribution is 2.22. The second kappa shape index (κ2) is 6.71. The number of aryl methyl sites for hydroxylation is 2. The molecule has 0 radical (unpaired) electrons. The lowest BCUT2D eigenvalue weighted by molar-refractivity contribution is 0.209. The van der Waals surface area contributed by atoms with Crippen LogP contribution in [0.5, 0.6) is 0 Å². The molecule has 22 heavy (non-hydrogen) atoms. The Morgan fingerprint density at radius 2 is 2.18 bits per heavy atom. The molecule has 0 aromatic carbocycles. The van der Waals surface area contributed by atoms with Crippen LogP contribution in [-0.4, -0.2) is 46.3 Å². The van der Waals surface area contributed by atoms with Crippen LogP contribution in [0.1, 0.15) is 28.4 Å². The van der Waals surface area contributed by atoms with Crippen LogP contribution in [0, 0.1) is 13.8 Å². The molecule has 3 heterocycles. The molecule has 5 nitrogen and oxygen atoms in total. The highest BCUT2D eigenvalue weighted by atomic mass is 32.1. The topological polar surface area (TPSA) is 45.2 Å². The molecule has 3 rings (SSSR count). The smallest absolute Gasteiger partial charge is 0.151 e. The maximum atomic E-state index is 4.35. The first kappa shape index (κ1) is 15.4. The quantitative estimate of drug-likeness (QED) is 0.867. The Hall–Kier alpha value is -1.53. The molecule has 0 saturated carbocycles. The first-order valence-corrected chi connectivity index (χ1v) is 8.60. The van der Waals surface area contributed by atoms with Gasteiger partial charge in [-0.3, -0.25) is 4.90 Å². The van der Waals surface area contributed by atoms with E-state index < -0.39 is 0 Å². The molecule has 0 amide bonds. The van der Waals surface area contributed by atoms with Crippen molar-refractivity contribution in [1.82, 2.24) is 20.1 Å². The number of piperidine rings is 1. The summed E-state index contributed by atoms with van der Waals surface area (Å²) < 4.78 is 0. The molecule has 0 N–H and O–H groups in total. The van der Waals surface area contributed by atoms with E-state index in [0.717, 1.165) is 36.2 Å². The van der Waals surface area contributed by atoms with E-state index in [0.29, 0.717) is 6.04 Å². The molecule has 0 bridgehead atoms. The molecule has 1 fully saturated rings. The number of anilines is 1. The van der Waals surface area contributed by atoms with Crippen LogP contribution >= 0.6 is 11.3 Å². The summed E-state index contributed by atoms with van der Waals surface area (Å²) in [5.41, 5.74) is 0.968. The van der Waals surface area contributed by atoms with E-state index in [1.807, 2.05) is 19.2 Å². The van der Waals surface area contributed by atoms with Gasteiger partial charge in [0, 0.05) is 36.8 Å². The first-order valence-electron chi connectivity index (χ1n) is 7.78. The second-order valence-electron chi connectivity index (χ2n) is 6.04. The van der Waals surface area contributed by atoms with Crippen molar-refractivity contribution < 1.29 is 0 Å². The summed E-state index contributed by atoms with van der Waals surface area (Å²) >= 11 is 1.79. The molecule has 1 aliphatic rings. The summed E-state index contributed by atoms with van der Waals surface area (Å²) in [6.07, 6.45) is 4.44. The zero-order valence-electron chi connectivity index (χ0n) is 13.5. The van der Waals surface area contributed by atoms with E-state index >= 15 is 0 Å². The van der Waals surface area contributed by atoms with Gasteiger partial charge in [-0.2, -0.15) is 5.10 Å². The fraction of sp³-hybridized carbons (Fsp3) is 0.562. The van der Waals surface area contributed by atoms with E-state index in [9.17, 15) is 0 Å². The molecular weight excluding hydrogens is 294 g/mol. The third-order valence-corrected chi connectivity index (χ3v) is 5.10. The summed E-state index contributed by atoms with van der Waals surface area (Å²) in [4.78, 5) is 10.5. The van der Waals surface area contributed by atoms with Crippen molar-refractivity contribution in [2.45, 2.75) is 39.3 Å². The summed E-state index contributed by atoms with van der Waals surface area (Å²) in [5.74, 6) is 0.998. The lowest BCUT2D eigenvalue weighted by Gasteiger charge is -2.37. The maximum absolute atomic E-state index is 4.35. The van der Waals surface area contributed by atoms with E-state index in [2.05, 4.69) is 45.0 Å². The molecule has 1 aliphatic heterocycles. The number of likely N-dealkylation sites (N-methyl/N-ethyl adjacent to an activating group) is 1. The van der Waals surface area contributed by atoms with Crippen LogP contribution in [0.3, 0.4) is 0 Å². The monoisotopic (exact) mass is 317 g/mol. The van der Waals surface area contributed by atoms with Gasteiger partial charge in [0.25, 0.3) is 0 Å². The molecular formula is C16H23N5S. The Kier molecular flexibility index (Phi) is 4.69. The minimum atomic E-state index is 0.555. The molecule has 0 spiro atoms. The fourth-order valence-corrected chi connectivity index (χ4v) is 3.79. The number of hydrogen-bond acceptors (Lipinski definition) is 6. The lowest BCUT2D eigenvalue weighted by atomic mass is 10.0. The molecule has 2 aromatic rings. The summed E-state index contributed by atoms with van der Waals surface area (Å²) in [5, 5.41) is 9.66. The third-order valence-electron chi connectivity index (χ3n) is 4.20.